The third-order valence-electron chi connectivity index (χ3n) is 5.24. The molecule has 0 bridgehead atoms. The van der Waals surface area contributed by atoms with Gasteiger partial charge in [-0.2, -0.15) is 5.10 Å². The Morgan fingerprint density at radius 1 is 1.16 bits per heavy atom. The van der Waals surface area contributed by atoms with Crippen LogP contribution in [0.2, 0.25) is 0 Å². The summed E-state index contributed by atoms with van der Waals surface area (Å²) in [6, 6.07) is 8.89. The van der Waals surface area contributed by atoms with E-state index in [4.69, 9.17) is 0 Å². The summed E-state index contributed by atoms with van der Waals surface area (Å²) in [4.78, 5) is 15.2. The molecule has 2 aromatic rings. The number of benzene rings is 1. The Kier molecular flexibility index (Phi) is 5.23. The number of hydrogen-bond acceptors (Lipinski definition) is 3. The zero-order valence-electron chi connectivity index (χ0n) is 15.7. The van der Waals surface area contributed by atoms with Crippen molar-refractivity contribution >= 4 is 5.91 Å². The predicted molar refractivity (Wildman–Crippen MR) is 99.7 cm³/mol. The van der Waals surface area contributed by atoms with Crippen molar-refractivity contribution in [3.63, 3.8) is 0 Å². The highest BCUT2D eigenvalue weighted by Gasteiger charge is 2.25. The fourth-order valence-corrected chi connectivity index (χ4v) is 3.68. The van der Waals surface area contributed by atoms with E-state index in [0.717, 1.165) is 24.5 Å². The highest BCUT2D eigenvalue weighted by Crippen LogP contribution is 2.25. The van der Waals surface area contributed by atoms with E-state index in [-0.39, 0.29) is 11.9 Å². The van der Waals surface area contributed by atoms with Crippen LogP contribution in [-0.4, -0.2) is 40.2 Å². The molecule has 1 atom stereocenters. The summed E-state index contributed by atoms with van der Waals surface area (Å²) in [5.41, 5.74) is 4.92. The minimum Gasteiger partial charge on any atom is -0.350 e. The molecular weight excluding hydrogens is 312 g/mol. The minimum atomic E-state index is -0.0283. The number of aryl methyl sites for hydroxylation is 3. The average molecular weight is 340 g/mol. The zero-order valence-corrected chi connectivity index (χ0v) is 15.7. The number of amides is 1. The Morgan fingerprint density at radius 3 is 2.36 bits per heavy atom. The monoisotopic (exact) mass is 340 g/mol. The number of likely N-dealkylation sites (tertiary alicyclic amines) is 1. The molecule has 25 heavy (non-hydrogen) atoms. The van der Waals surface area contributed by atoms with E-state index in [9.17, 15) is 4.79 Å². The maximum atomic E-state index is 12.7. The van der Waals surface area contributed by atoms with Gasteiger partial charge in [0.25, 0.3) is 5.91 Å². The van der Waals surface area contributed by atoms with Gasteiger partial charge in [-0.1, -0.05) is 29.8 Å². The number of hydrogen-bond donors (Lipinski definition) is 1. The summed E-state index contributed by atoms with van der Waals surface area (Å²) in [5.74, 6) is -0.0283. The third-order valence-corrected chi connectivity index (χ3v) is 5.24. The predicted octanol–water partition coefficient (Wildman–Crippen LogP) is 2.91. The van der Waals surface area contributed by atoms with Gasteiger partial charge in [-0.25, -0.2) is 0 Å². The second-order valence-corrected chi connectivity index (χ2v) is 7.05. The fraction of sp³-hybridized carbons (Fsp3) is 0.500. The standard InChI is InChI=1S/C20H28N4O/c1-14-7-9-17(10-8-14)18(24-11-5-6-12-24)13-21-20(25)19-15(2)22-23(4)16(19)3/h7-10,18H,5-6,11-13H2,1-4H3,(H,21,25)/t18-/m1/s1. The van der Waals surface area contributed by atoms with E-state index in [0.29, 0.717) is 12.1 Å². The van der Waals surface area contributed by atoms with Crippen molar-refractivity contribution in [2.75, 3.05) is 19.6 Å². The summed E-state index contributed by atoms with van der Waals surface area (Å²) in [6.07, 6.45) is 2.47. The summed E-state index contributed by atoms with van der Waals surface area (Å²) in [6.45, 7) is 8.74. The molecule has 3 rings (SSSR count). The molecule has 1 N–H and O–H groups in total. The van der Waals surface area contributed by atoms with Gasteiger partial charge in [0.2, 0.25) is 0 Å². The lowest BCUT2D eigenvalue weighted by Crippen LogP contribution is -2.37. The van der Waals surface area contributed by atoms with Crippen LogP contribution in [0.15, 0.2) is 24.3 Å². The normalized spacial score (nSPS) is 16.2. The number of carbonyl (C=O) groups is 1. The molecule has 1 saturated heterocycles. The van der Waals surface area contributed by atoms with E-state index in [1.165, 1.54) is 24.0 Å². The fourth-order valence-electron chi connectivity index (χ4n) is 3.68. The van der Waals surface area contributed by atoms with Crippen LogP contribution in [0, 0.1) is 20.8 Å². The van der Waals surface area contributed by atoms with Gasteiger partial charge in [-0.05, 0) is 52.3 Å². The molecular formula is C20H28N4O. The van der Waals surface area contributed by atoms with Crippen LogP contribution in [-0.2, 0) is 7.05 Å². The molecule has 134 valence electrons. The SMILES string of the molecule is Cc1ccc([C@@H](CNC(=O)c2c(C)nn(C)c2C)N2CCCC2)cc1. The molecule has 0 unspecified atom stereocenters. The Labute approximate surface area is 150 Å². The van der Waals surface area contributed by atoms with Gasteiger partial charge in [-0.15, -0.1) is 0 Å². The molecule has 0 aliphatic carbocycles. The quantitative estimate of drug-likeness (QED) is 0.910. The first-order valence-electron chi connectivity index (χ1n) is 9.06. The lowest BCUT2D eigenvalue weighted by molar-refractivity contribution is 0.0936. The van der Waals surface area contributed by atoms with Crippen molar-refractivity contribution in [3.8, 4) is 0 Å². The van der Waals surface area contributed by atoms with Gasteiger partial charge in [-0.3, -0.25) is 14.4 Å². The number of rotatable bonds is 5. The highest BCUT2D eigenvalue weighted by atomic mass is 16.1. The third kappa shape index (κ3) is 3.76. The van der Waals surface area contributed by atoms with Crippen molar-refractivity contribution in [3.05, 3.63) is 52.3 Å². The molecule has 0 spiro atoms. The Morgan fingerprint density at radius 2 is 1.80 bits per heavy atom. The molecule has 1 aromatic heterocycles. The van der Waals surface area contributed by atoms with E-state index in [2.05, 4.69) is 46.5 Å². The molecule has 1 fully saturated rings. The second kappa shape index (κ2) is 7.40. The van der Waals surface area contributed by atoms with Crippen molar-refractivity contribution in [2.45, 2.75) is 39.7 Å². The Hall–Kier alpha value is -2.14. The van der Waals surface area contributed by atoms with Gasteiger partial charge in [0.15, 0.2) is 0 Å². The molecule has 0 saturated carbocycles. The first kappa shape index (κ1) is 17.7. The van der Waals surface area contributed by atoms with Crippen LogP contribution in [0.4, 0.5) is 0 Å². The van der Waals surface area contributed by atoms with E-state index in [1.54, 1.807) is 4.68 Å². The maximum absolute atomic E-state index is 12.7. The summed E-state index contributed by atoms with van der Waals surface area (Å²) < 4.78 is 1.77. The van der Waals surface area contributed by atoms with Crippen molar-refractivity contribution in [1.29, 1.82) is 0 Å². The molecule has 0 radical (unpaired) electrons. The van der Waals surface area contributed by atoms with Crippen LogP contribution in [0.3, 0.4) is 0 Å². The van der Waals surface area contributed by atoms with Crippen molar-refractivity contribution in [1.82, 2.24) is 20.0 Å². The Balaban J connectivity index is 1.76. The van der Waals surface area contributed by atoms with Gasteiger partial charge < -0.3 is 5.32 Å². The molecule has 1 amide bonds. The van der Waals surface area contributed by atoms with Crippen LogP contribution in [0.5, 0.6) is 0 Å². The molecule has 1 aliphatic heterocycles. The molecule has 5 heteroatoms. The van der Waals surface area contributed by atoms with Crippen LogP contribution in [0.1, 0.15) is 51.8 Å². The lowest BCUT2D eigenvalue weighted by atomic mass is 10.0. The van der Waals surface area contributed by atoms with Crippen LogP contribution < -0.4 is 5.32 Å². The van der Waals surface area contributed by atoms with Gasteiger partial charge in [0, 0.05) is 19.3 Å². The first-order chi connectivity index (χ1) is 12.0. The molecule has 2 heterocycles. The summed E-state index contributed by atoms with van der Waals surface area (Å²) >= 11 is 0. The van der Waals surface area contributed by atoms with Gasteiger partial charge in [0.1, 0.15) is 0 Å². The zero-order chi connectivity index (χ0) is 18.0. The molecule has 1 aliphatic rings. The second-order valence-electron chi connectivity index (χ2n) is 7.05. The smallest absolute Gasteiger partial charge is 0.255 e. The topological polar surface area (TPSA) is 50.2 Å². The van der Waals surface area contributed by atoms with Crippen molar-refractivity contribution < 1.29 is 4.79 Å². The largest absolute Gasteiger partial charge is 0.350 e. The number of carbonyl (C=O) groups excluding carboxylic acids is 1. The number of nitrogens with zero attached hydrogens (tertiary/aromatic N) is 3. The van der Waals surface area contributed by atoms with Gasteiger partial charge in [0.05, 0.1) is 17.3 Å². The summed E-state index contributed by atoms with van der Waals surface area (Å²) in [5, 5.41) is 7.50. The number of nitrogens with one attached hydrogen (secondary N) is 1. The molecule has 1 aromatic carbocycles. The van der Waals surface area contributed by atoms with Crippen LogP contribution in [0.25, 0.3) is 0 Å². The lowest BCUT2D eigenvalue weighted by Gasteiger charge is -2.28. The highest BCUT2D eigenvalue weighted by molar-refractivity contribution is 5.96. The van der Waals surface area contributed by atoms with Crippen molar-refractivity contribution in [2.24, 2.45) is 7.05 Å². The van der Waals surface area contributed by atoms with E-state index < -0.39 is 0 Å². The van der Waals surface area contributed by atoms with Crippen LogP contribution >= 0.6 is 0 Å². The van der Waals surface area contributed by atoms with E-state index >= 15 is 0 Å². The number of aromatic nitrogens is 2. The Bertz CT molecular complexity index is 742. The molecule has 5 nitrogen and oxygen atoms in total. The van der Waals surface area contributed by atoms with Gasteiger partial charge >= 0.3 is 0 Å². The average Bonchev–Trinajstić information content (AvgIpc) is 3.18. The van der Waals surface area contributed by atoms with E-state index in [1.807, 2.05) is 20.9 Å². The first-order valence-corrected chi connectivity index (χ1v) is 9.06. The minimum absolute atomic E-state index is 0.0283. The summed E-state index contributed by atoms with van der Waals surface area (Å²) in [7, 11) is 1.87. The maximum Gasteiger partial charge on any atom is 0.255 e.